The topological polar surface area (TPSA) is 12.0 Å². The molecule has 35 valence electrons. The molecular weight excluding hydrogens is 92.9 g/mol. The third-order valence-corrected chi connectivity index (χ3v) is 0.887. The lowest BCUT2D eigenvalue weighted by atomic mass is 9.84. The third-order valence-electron chi connectivity index (χ3n) is 0.432. The second-order valence-corrected chi connectivity index (χ2v) is 1.66. The van der Waals surface area contributed by atoms with Gasteiger partial charge in [-0.25, -0.2) is 0 Å². The lowest BCUT2D eigenvalue weighted by Crippen LogP contribution is -2.08. The van der Waals surface area contributed by atoms with E-state index in [1.54, 1.807) is 11.9 Å². The van der Waals surface area contributed by atoms with Crippen molar-refractivity contribution in [1.29, 1.82) is 0 Å². The quantitative estimate of drug-likeness (QED) is 0.317. The maximum atomic E-state index is 3.06. The number of hydrogen-bond donors (Lipinski definition) is 1. The first kappa shape index (κ1) is 6.37. The Kier molecular flexibility index (Phi) is 5.71. The smallest absolute Gasteiger partial charge is 0.126 e. The van der Waals surface area contributed by atoms with Gasteiger partial charge in [-0.15, -0.1) is 0 Å². The van der Waals surface area contributed by atoms with Crippen LogP contribution in [0.5, 0.6) is 0 Å². The van der Waals surface area contributed by atoms with E-state index in [0.717, 1.165) is 6.44 Å². The minimum Gasteiger partial charge on any atom is -0.273 e. The fourth-order valence-electron chi connectivity index (χ4n) is 0.167. The van der Waals surface area contributed by atoms with Crippen LogP contribution in [-0.4, -0.2) is 20.0 Å². The minimum atomic E-state index is 1.00. The van der Waals surface area contributed by atoms with Crippen LogP contribution in [0.25, 0.3) is 0 Å². The first-order valence-corrected chi connectivity index (χ1v) is 3.18. The molecule has 0 aromatic carbocycles. The Morgan fingerprint density at radius 2 is 2.50 bits per heavy atom. The summed E-state index contributed by atoms with van der Waals surface area (Å²) in [7, 11) is 2.08. The van der Waals surface area contributed by atoms with Gasteiger partial charge in [0.1, 0.15) is 7.28 Å². The molecule has 0 aliphatic carbocycles. The molecule has 0 saturated heterocycles. The summed E-state index contributed by atoms with van der Waals surface area (Å²) < 4.78 is 3.06. The maximum absolute atomic E-state index is 3.06. The monoisotopic (exact) mass is 102 g/mol. The van der Waals surface area contributed by atoms with Crippen LogP contribution in [0.4, 0.5) is 0 Å². The van der Waals surface area contributed by atoms with Gasteiger partial charge in [0, 0.05) is 0 Å². The molecule has 1 N–H and O–H groups in total. The molecule has 0 heterocycles. The van der Waals surface area contributed by atoms with Crippen LogP contribution in [-0.2, 0) is 0 Å². The van der Waals surface area contributed by atoms with Gasteiger partial charge in [0.25, 0.3) is 0 Å². The normalized spacial score (nSPS) is 8.33. The number of hydrogen-bond acceptors (Lipinski definition) is 2. The first-order chi connectivity index (χ1) is 2.91. The van der Waals surface area contributed by atoms with Gasteiger partial charge in [0.05, 0.1) is 0 Å². The van der Waals surface area contributed by atoms with Crippen molar-refractivity contribution in [2.75, 3.05) is 12.7 Å². The van der Waals surface area contributed by atoms with Gasteiger partial charge in [-0.2, -0.15) is 0 Å². The Morgan fingerprint density at radius 1 is 1.83 bits per heavy atom. The van der Waals surface area contributed by atoms with Crippen molar-refractivity contribution in [3.63, 3.8) is 0 Å². The standard InChI is InChI=1S/C3H9BNS/c1-4-3-5-6-2/h5H,3H2,1-2H3. The SMILES string of the molecule is C[B]CNSC. The van der Waals surface area contributed by atoms with Crippen LogP contribution in [0, 0.1) is 0 Å². The Balaban J connectivity index is 2.34. The molecule has 0 bridgehead atoms. The maximum Gasteiger partial charge on any atom is 0.126 e. The van der Waals surface area contributed by atoms with E-state index < -0.39 is 0 Å². The Morgan fingerprint density at radius 3 is 2.67 bits per heavy atom. The van der Waals surface area contributed by atoms with Crippen LogP contribution in [0.15, 0.2) is 0 Å². The van der Waals surface area contributed by atoms with Gasteiger partial charge in [0.15, 0.2) is 0 Å². The van der Waals surface area contributed by atoms with Crippen molar-refractivity contribution in [1.82, 2.24) is 4.72 Å². The molecule has 0 aliphatic rings. The van der Waals surface area contributed by atoms with Crippen LogP contribution < -0.4 is 4.72 Å². The highest BCUT2D eigenvalue weighted by atomic mass is 32.2. The Hall–Kier alpha value is 0.375. The molecule has 1 nitrogen and oxygen atoms in total. The zero-order valence-electron chi connectivity index (χ0n) is 4.19. The fourth-order valence-corrected chi connectivity index (χ4v) is 0.500. The molecular formula is C3H9BNS. The van der Waals surface area contributed by atoms with Crippen molar-refractivity contribution in [3.05, 3.63) is 0 Å². The van der Waals surface area contributed by atoms with Gasteiger partial charge >= 0.3 is 0 Å². The molecule has 0 atom stereocenters. The zero-order chi connectivity index (χ0) is 4.83. The van der Waals surface area contributed by atoms with Crippen molar-refractivity contribution < 1.29 is 0 Å². The van der Waals surface area contributed by atoms with Crippen molar-refractivity contribution in [2.45, 2.75) is 6.82 Å². The average molecular weight is 102 g/mol. The summed E-state index contributed by atoms with van der Waals surface area (Å²) in [5, 5.41) is 0. The highest BCUT2D eigenvalue weighted by Crippen LogP contribution is 1.76. The molecule has 0 aliphatic heterocycles. The summed E-state index contributed by atoms with van der Waals surface area (Å²) in [6.07, 6.45) is 3.02. The molecule has 0 unspecified atom stereocenters. The number of rotatable bonds is 3. The molecule has 0 amide bonds. The summed E-state index contributed by atoms with van der Waals surface area (Å²) in [4.78, 5) is 0. The van der Waals surface area contributed by atoms with E-state index in [4.69, 9.17) is 0 Å². The summed E-state index contributed by atoms with van der Waals surface area (Å²) >= 11 is 1.64. The van der Waals surface area contributed by atoms with Crippen LogP contribution in [0.1, 0.15) is 0 Å². The van der Waals surface area contributed by atoms with E-state index in [0.29, 0.717) is 0 Å². The highest BCUT2D eigenvalue weighted by molar-refractivity contribution is 7.96. The van der Waals surface area contributed by atoms with E-state index >= 15 is 0 Å². The van der Waals surface area contributed by atoms with Crippen LogP contribution >= 0.6 is 11.9 Å². The third kappa shape index (κ3) is 4.37. The molecule has 0 rings (SSSR count). The molecule has 0 aromatic heterocycles. The van der Waals surface area contributed by atoms with Crippen molar-refractivity contribution in [3.8, 4) is 0 Å². The average Bonchev–Trinajstić information content (AvgIpc) is 1.61. The van der Waals surface area contributed by atoms with Crippen LogP contribution in [0.2, 0.25) is 6.82 Å². The van der Waals surface area contributed by atoms with E-state index in [1.807, 2.05) is 13.1 Å². The Labute approximate surface area is 44.3 Å². The lowest BCUT2D eigenvalue weighted by Gasteiger charge is -1.89. The molecule has 0 fully saturated rings. The van der Waals surface area contributed by atoms with Gasteiger partial charge in [-0.1, -0.05) is 18.8 Å². The van der Waals surface area contributed by atoms with Gasteiger partial charge < -0.3 is 0 Å². The van der Waals surface area contributed by atoms with E-state index in [9.17, 15) is 0 Å². The first-order valence-electron chi connectivity index (χ1n) is 1.95. The minimum absolute atomic E-state index is 1.00. The fraction of sp³-hybridized carbons (Fsp3) is 1.00. The molecule has 1 radical (unpaired) electrons. The van der Waals surface area contributed by atoms with E-state index in [1.165, 1.54) is 0 Å². The summed E-state index contributed by atoms with van der Waals surface area (Å²) in [5.74, 6) is 0. The predicted molar refractivity (Wildman–Crippen MR) is 33.1 cm³/mol. The largest absolute Gasteiger partial charge is 0.273 e. The van der Waals surface area contributed by atoms with Crippen LogP contribution in [0.3, 0.4) is 0 Å². The van der Waals surface area contributed by atoms with Gasteiger partial charge in [-0.3, -0.25) is 4.72 Å². The summed E-state index contributed by atoms with van der Waals surface area (Å²) in [6, 6.07) is 0. The molecule has 3 heteroatoms. The van der Waals surface area contributed by atoms with E-state index in [2.05, 4.69) is 12.0 Å². The molecule has 0 aromatic rings. The van der Waals surface area contributed by atoms with E-state index in [-0.39, 0.29) is 0 Å². The van der Waals surface area contributed by atoms with Gasteiger partial charge in [-0.05, 0) is 12.7 Å². The lowest BCUT2D eigenvalue weighted by molar-refractivity contribution is 1.22. The Bertz CT molecular complexity index is 22.8. The summed E-state index contributed by atoms with van der Waals surface area (Å²) in [6.45, 7) is 2.03. The zero-order valence-corrected chi connectivity index (χ0v) is 5.01. The van der Waals surface area contributed by atoms with Crippen molar-refractivity contribution in [2.24, 2.45) is 0 Å². The second kappa shape index (κ2) is 5.37. The molecule has 0 spiro atoms. The number of nitrogens with one attached hydrogen (secondary N) is 1. The highest BCUT2D eigenvalue weighted by Gasteiger charge is 1.74. The molecule has 0 saturated carbocycles. The predicted octanol–water partition coefficient (Wildman–Crippen LogP) is 0.564. The summed E-state index contributed by atoms with van der Waals surface area (Å²) in [5.41, 5.74) is 0. The second-order valence-electron chi connectivity index (χ2n) is 0.961. The molecule has 6 heavy (non-hydrogen) atoms. The van der Waals surface area contributed by atoms with Crippen molar-refractivity contribution >= 4 is 19.2 Å². The van der Waals surface area contributed by atoms with Gasteiger partial charge in [0.2, 0.25) is 0 Å².